The van der Waals surface area contributed by atoms with Gasteiger partial charge in [0.2, 0.25) is 11.7 Å². The lowest BCUT2D eigenvalue weighted by atomic mass is 9.84. The molecule has 5 N–H and O–H groups in total. The molecule has 12 nitrogen and oxygen atoms in total. The van der Waals surface area contributed by atoms with E-state index in [0.717, 1.165) is 24.8 Å². The van der Waals surface area contributed by atoms with Crippen molar-refractivity contribution in [2.45, 2.75) is 165 Å². The first-order chi connectivity index (χ1) is 23.8. The SMILES string of the molecule is CC(C)(C)C(C=O)NC(=O)NCC=O.CC(C)C.CC(NC(=O)C1C(C)CCN1C)C(=O)C(N)=O.CCC.CCC1CCC1.COC1CCCC1. The standard InChI is InChI=1S/C11H19N3O3.C9H16N2O3.C6H12O.C6H12.C4H10.C3H8/c1-6-4-5-14(3)8(6)11(17)13-7(2)9(15)10(12)16;1-9(2,3)7(6-13)11-8(14)10-4-5-12;1-7-6-4-2-3-5-6;1-2-6-4-3-5-6;1-4(2)3;1-3-2/h6-8H,4-5H2,1-3H3,(H2,12,16)(H,13,17);5-7H,4H2,1-3H3,(H2,10,11,14);6H,2-5H2,1H3;6H,2-5H2,1H3;4H,1-3H3;3H2,1-2H3. The minimum absolute atomic E-state index is 0.0540. The fraction of sp³-hybridized carbons (Fsp3) is 0.846. The number of methoxy groups -OCH3 is 1. The van der Waals surface area contributed by atoms with Gasteiger partial charge in [0.1, 0.15) is 12.6 Å². The van der Waals surface area contributed by atoms with E-state index < -0.39 is 29.8 Å². The first kappa shape index (κ1) is 52.5. The minimum Gasteiger partial charge on any atom is -0.381 e. The van der Waals surface area contributed by atoms with Gasteiger partial charge in [-0.2, -0.15) is 0 Å². The number of Topliss-reactive ketones (excluding diaryl/α,β-unsaturated/α-hetero) is 1. The van der Waals surface area contributed by atoms with Crippen LogP contribution >= 0.6 is 0 Å². The first-order valence-corrected chi connectivity index (χ1v) is 19.1. The van der Waals surface area contributed by atoms with Gasteiger partial charge in [-0.1, -0.05) is 114 Å². The Kier molecular flexibility index (Phi) is 31.6. The van der Waals surface area contributed by atoms with Crippen LogP contribution in [0.4, 0.5) is 4.79 Å². The predicted octanol–water partition coefficient (Wildman–Crippen LogP) is 5.83. The van der Waals surface area contributed by atoms with Crippen LogP contribution in [-0.4, -0.2) is 92.6 Å². The highest BCUT2D eigenvalue weighted by Gasteiger charge is 2.35. The number of urea groups is 1. The lowest BCUT2D eigenvalue weighted by Crippen LogP contribution is -2.51. The highest BCUT2D eigenvalue weighted by atomic mass is 16.5. The molecule has 0 aromatic rings. The van der Waals surface area contributed by atoms with Crippen LogP contribution in [0, 0.1) is 23.2 Å². The number of hydrogen-bond donors (Lipinski definition) is 4. The topological polar surface area (TPSA) is 177 Å². The normalized spacial score (nSPS) is 19.4. The second kappa shape index (κ2) is 30.7. The molecule has 1 heterocycles. The van der Waals surface area contributed by atoms with Gasteiger partial charge >= 0.3 is 6.03 Å². The minimum atomic E-state index is -1.02. The summed E-state index contributed by atoms with van der Waals surface area (Å²) in [4.78, 5) is 67.5. The van der Waals surface area contributed by atoms with E-state index in [2.05, 4.69) is 57.5 Å². The number of carbonyl (C=O) groups excluding carboxylic acids is 6. The fourth-order valence-electron chi connectivity index (χ4n) is 4.98. The molecule has 300 valence electrons. The van der Waals surface area contributed by atoms with Gasteiger partial charge in [-0.25, -0.2) is 4.79 Å². The van der Waals surface area contributed by atoms with Gasteiger partial charge in [-0.3, -0.25) is 19.3 Å². The van der Waals surface area contributed by atoms with Gasteiger partial charge in [0, 0.05) is 7.11 Å². The van der Waals surface area contributed by atoms with Crippen LogP contribution < -0.4 is 21.7 Å². The largest absolute Gasteiger partial charge is 0.381 e. The number of nitrogens with two attached hydrogens (primary N) is 1. The van der Waals surface area contributed by atoms with E-state index in [1.165, 1.54) is 64.7 Å². The molecule has 0 spiro atoms. The van der Waals surface area contributed by atoms with E-state index in [1.807, 2.05) is 39.6 Å². The Morgan fingerprint density at radius 3 is 1.69 bits per heavy atom. The van der Waals surface area contributed by atoms with Gasteiger partial charge in [0.05, 0.1) is 30.8 Å². The Morgan fingerprint density at radius 1 is 0.902 bits per heavy atom. The van der Waals surface area contributed by atoms with E-state index in [-0.39, 0.29) is 29.8 Å². The van der Waals surface area contributed by atoms with Crippen molar-refractivity contribution in [3.05, 3.63) is 0 Å². The van der Waals surface area contributed by atoms with E-state index in [4.69, 9.17) is 10.5 Å². The summed E-state index contributed by atoms with van der Waals surface area (Å²) < 4.78 is 5.11. The first-order valence-electron chi connectivity index (χ1n) is 19.1. The van der Waals surface area contributed by atoms with Gasteiger partial charge < -0.3 is 36.0 Å². The summed E-state index contributed by atoms with van der Waals surface area (Å²) in [6.07, 6.45) is 15.3. The lowest BCUT2D eigenvalue weighted by Gasteiger charge is -2.26. The maximum absolute atomic E-state index is 11.9. The lowest BCUT2D eigenvalue weighted by molar-refractivity contribution is -0.138. The van der Waals surface area contributed by atoms with Crippen LogP contribution in [0.25, 0.3) is 0 Å². The van der Waals surface area contributed by atoms with Crippen LogP contribution in [-0.2, 0) is 28.7 Å². The van der Waals surface area contributed by atoms with Crippen LogP contribution in [0.15, 0.2) is 0 Å². The van der Waals surface area contributed by atoms with E-state index >= 15 is 0 Å². The summed E-state index contributed by atoms with van der Waals surface area (Å²) in [6.45, 7) is 22.8. The average molecular weight is 728 g/mol. The number of nitrogens with one attached hydrogen (secondary N) is 3. The molecule has 12 heteroatoms. The molecule has 0 aromatic carbocycles. The third-order valence-corrected chi connectivity index (χ3v) is 8.35. The van der Waals surface area contributed by atoms with Gasteiger partial charge in [-0.05, 0) is 62.9 Å². The van der Waals surface area contributed by atoms with Gasteiger partial charge in [0.15, 0.2) is 0 Å². The molecule has 3 aliphatic rings. The molecule has 0 radical (unpaired) electrons. The van der Waals surface area contributed by atoms with Crippen molar-refractivity contribution in [1.82, 2.24) is 20.9 Å². The second-order valence-corrected chi connectivity index (χ2v) is 15.4. The molecule has 4 unspecified atom stereocenters. The van der Waals surface area contributed by atoms with Crippen LogP contribution in [0.5, 0.6) is 0 Å². The number of primary amides is 1. The number of rotatable bonds is 10. The van der Waals surface area contributed by atoms with Crippen molar-refractivity contribution in [2.75, 3.05) is 27.2 Å². The zero-order valence-electron chi connectivity index (χ0n) is 34.6. The molecule has 4 atom stereocenters. The number of ether oxygens (including phenoxy) is 1. The second-order valence-electron chi connectivity index (χ2n) is 15.4. The van der Waals surface area contributed by atoms with Gasteiger partial charge in [-0.15, -0.1) is 0 Å². The third-order valence-electron chi connectivity index (χ3n) is 8.35. The van der Waals surface area contributed by atoms with Crippen LogP contribution in [0.3, 0.4) is 0 Å². The van der Waals surface area contributed by atoms with E-state index in [1.54, 1.807) is 7.11 Å². The highest BCUT2D eigenvalue weighted by molar-refractivity contribution is 6.37. The Bertz CT molecular complexity index is 945. The van der Waals surface area contributed by atoms with Crippen molar-refractivity contribution < 1.29 is 33.5 Å². The van der Waals surface area contributed by atoms with Crippen LogP contribution in [0.1, 0.15) is 140 Å². The number of aldehydes is 2. The molecule has 1 saturated heterocycles. The van der Waals surface area contributed by atoms with Crippen molar-refractivity contribution in [3.8, 4) is 0 Å². The molecule has 2 saturated carbocycles. The number of hydrogen-bond acceptors (Lipinski definition) is 8. The number of amides is 4. The molecule has 3 fully saturated rings. The van der Waals surface area contributed by atoms with E-state index in [0.29, 0.717) is 18.7 Å². The number of ketones is 1. The van der Waals surface area contributed by atoms with Crippen molar-refractivity contribution in [1.29, 1.82) is 0 Å². The van der Waals surface area contributed by atoms with Crippen LogP contribution in [0.2, 0.25) is 0 Å². The number of carbonyl (C=O) groups is 6. The molecule has 4 amide bonds. The monoisotopic (exact) mass is 728 g/mol. The molecule has 51 heavy (non-hydrogen) atoms. The molecule has 2 aliphatic carbocycles. The summed E-state index contributed by atoms with van der Waals surface area (Å²) in [5.41, 5.74) is 4.54. The molecule has 0 aromatic heterocycles. The van der Waals surface area contributed by atoms with Crippen molar-refractivity contribution >= 4 is 36.2 Å². The highest BCUT2D eigenvalue weighted by Crippen LogP contribution is 2.28. The average Bonchev–Trinajstić information content (AvgIpc) is 3.67. The zero-order valence-corrected chi connectivity index (χ0v) is 34.6. The summed E-state index contributed by atoms with van der Waals surface area (Å²) >= 11 is 0. The number of likely N-dealkylation sites (tertiary alicyclic amines) is 1. The zero-order chi connectivity index (χ0) is 40.2. The summed E-state index contributed by atoms with van der Waals surface area (Å²) in [7, 11) is 3.67. The van der Waals surface area contributed by atoms with Crippen molar-refractivity contribution in [3.63, 3.8) is 0 Å². The fourth-order valence-corrected chi connectivity index (χ4v) is 4.98. The Morgan fingerprint density at radius 2 is 1.41 bits per heavy atom. The maximum atomic E-state index is 11.9. The van der Waals surface area contributed by atoms with Crippen molar-refractivity contribution in [2.24, 2.45) is 28.9 Å². The summed E-state index contributed by atoms with van der Waals surface area (Å²) in [5, 5.41) is 7.29. The predicted molar refractivity (Wildman–Crippen MR) is 207 cm³/mol. The number of nitrogens with zero attached hydrogens (tertiary/aromatic N) is 1. The molecule has 0 bridgehead atoms. The molecule has 1 aliphatic heterocycles. The summed E-state index contributed by atoms with van der Waals surface area (Å²) in [5.74, 6) is 0.178. The smallest absolute Gasteiger partial charge is 0.315 e. The Hall–Kier alpha value is -2.86. The quantitative estimate of drug-likeness (QED) is 0.160. The third kappa shape index (κ3) is 27.5. The Labute approximate surface area is 310 Å². The van der Waals surface area contributed by atoms with E-state index in [9.17, 15) is 28.8 Å². The molecular weight excluding hydrogens is 650 g/mol. The molecule has 3 rings (SSSR count). The maximum Gasteiger partial charge on any atom is 0.315 e. The summed E-state index contributed by atoms with van der Waals surface area (Å²) in [6, 6.07) is -2.17. The Balaban J connectivity index is -0.000000600. The number of likely N-dealkylation sites (N-methyl/N-ethyl adjacent to an activating group) is 1. The van der Waals surface area contributed by atoms with Gasteiger partial charge in [0.25, 0.3) is 5.91 Å². The molecular formula is C39H77N5O7.